The predicted octanol–water partition coefficient (Wildman–Crippen LogP) is 3.60. The van der Waals surface area contributed by atoms with Crippen molar-refractivity contribution in [2.75, 3.05) is 6.54 Å². The summed E-state index contributed by atoms with van der Waals surface area (Å²) in [6.45, 7) is 2.32. The molecule has 1 amide bonds. The van der Waals surface area contributed by atoms with Crippen molar-refractivity contribution in [2.24, 2.45) is 0 Å². The summed E-state index contributed by atoms with van der Waals surface area (Å²) in [4.78, 5) is 13.8. The van der Waals surface area contributed by atoms with Gasteiger partial charge in [0.2, 0.25) is 5.91 Å². The van der Waals surface area contributed by atoms with Gasteiger partial charge >= 0.3 is 6.18 Å². The number of likely N-dealkylation sites (N-methyl/N-ethyl adjacent to an activating group) is 1. The number of amides is 1. The van der Waals surface area contributed by atoms with E-state index in [-0.39, 0.29) is 12.5 Å². The second kappa shape index (κ2) is 7.04. The number of alkyl halides is 3. The smallest absolute Gasteiger partial charge is 0.337 e. The van der Waals surface area contributed by atoms with Crippen molar-refractivity contribution in [3.8, 4) is 0 Å². The van der Waals surface area contributed by atoms with E-state index in [0.717, 1.165) is 22.5 Å². The lowest BCUT2D eigenvalue weighted by Gasteiger charge is -2.21. The highest BCUT2D eigenvalue weighted by Gasteiger charge is 2.33. The molecule has 0 radical (unpaired) electrons. The summed E-state index contributed by atoms with van der Waals surface area (Å²) < 4.78 is 38.5. The minimum Gasteiger partial charge on any atom is -0.337 e. The van der Waals surface area contributed by atoms with E-state index in [2.05, 4.69) is 5.10 Å². The van der Waals surface area contributed by atoms with Gasteiger partial charge in [0, 0.05) is 24.3 Å². The number of hydrogen-bond acceptors (Lipinski definition) is 2. The van der Waals surface area contributed by atoms with Gasteiger partial charge in [0.25, 0.3) is 0 Å². The predicted molar refractivity (Wildman–Crippen MR) is 79.8 cm³/mol. The van der Waals surface area contributed by atoms with Gasteiger partial charge in [-0.05, 0) is 30.7 Å². The molecule has 1 aromatic carbocycles. The van der Waals surface area contributed by atoms with E-state index in [1.807, 2.05) is 6.07 Å². The summed E-state index contributed by atoms with van der Waals surface area (Å²) in [5.74, 6) is -0.315. The molecule has 1 heterocycles. The average Bonchev–Trinajstić information content (AvgIpc) is 2.93. The molecular weight excluding hydrogens is 331 g/mol. The Kier molecular flexibility index (Phi) is 5.30. The van der Waals surface area contributed by atoms with Gasteiger partial charge in [-0.3, -0.25) is 9.48 Å². The monoisotopic (exact) mass is 345 g/mol. The second-order valence-electron chi connectivity index (χ2n) is 4.93. The topological polar surface area (TPSA) is 38.1 Å². The van der Waals surface area contributed by atoms with E-state index < -0.39 is 11.9 Å². The molecule has 124 valence electrons. The van der Waals surface area contributed by atoms with Crippen LogP contribution in [0.15, 0.2) is 36.5 Å². The third-order valence-corrected chi connectivity index (χ3v) is 3.46. The number of halogens is 4. The zero-order valence-corrected chi connectivity index (χ0v) is 13.1. The van der Waals surface area contributed by atoms with Crippen LogP contribution in [0.3, 0.4) is 0 Å². The molecule has 1 aromatic heterocycles. The van der Waals surface area contributed by atoms with E-state index in [1.54, 1.807) is 25.1 Å². The Balaban J connectivity index is 2.04. The minimum atomic E-state index is -4.51. The zero-order valence-electron chi connectivity index (χ0n) is 12.3. The Bertz CT molecular complexity index is 685. The lowest BCUT2D eigenvalue weighted by atomic mass is 10.2. The molecule has 0 N–H and O–H groups in total. The van der Waals surface area contributed by atoms with Gasteiger partial charge in [0.05, 0.1) is 0 Å². The molecule has 4 nitrogen and oxygen atoms in total. The van der Waals surface area contributed by atoms with Gasteiger partial charge < -0.3 is 4.90 Å². The molecular formula is C15H15ClF3N3O. The molecule has 0 aliphatic carbocycles. The van der Waals surface area contributed by atoms with Gasteiger partial charge in [-0.2, -0.15) is 18.3 Å². The maximum absolute atomic E-state index is 12.5. The molecule has 2 rings (SSSR count). The van der Waals surface area contributed by atoms with Crippen molar-refractivity contribution in [3.05, 3.63) is 52.8 Å². The number of hydrogen-bond donors (Lipinski definition) is 0. The van der Waals surface area contributed by atoms with Crippen LogP contribution >= 0.6 is 11.6 Å². The van der Waals surface area contributed by atoms with Crippen LogP contribution < -0.4 is 0 Å². The summed E-state index contributed by atoms with van der Waals surface area (Å²) in [5, 5.41) is 3.95. The van der Waals surface area contributed by atoms with Crippen LogP contribution in [0.4, 0.5) is 13.2 Å². The molecule has 0 spiro atoms. The van der Waals surface area contributed by atoms with Gasteiger partial charge in [-0.15, -0.1) is 0 Å². The maximum Gasteiger partial charge on any atom is 0.435 e. The quantitative estimate of drug-likeness (QED) is 0.830. The van der Waals surface area contributed by atoms with Crippen molar-refractivity contribution >= 4 is 17.5 Å². The summed E-state index contributed by atoms with van der Waals surface area (Å²) in [6.07, 6.45) is -3.37. The Morgan fingerprint density at radius 1 is 1.35 bits per heavy atom. The highest BCUT2D eigenvalue weighted by atomic mass is 35.5. The fourth-order valence-electron chi connectivity index (χ4n) is 2.07. The normalized spacial score (nSPS) is 11.5. The molecule has 0 aliphatic heterocycles. The van der Waals surface area contributed by atoms with Crippen LogP contribution in [-0.4, -0.2) is 27.1 Å². The standard InChI is InChI=1S/C15H15ClF3N3O/c1-2-21(9-11-4-3-5-12(16)8-11)14(23)10-22-7-6-13(20-22)15(17,18)19/h3-8H,2,9-10H2,1H3. The molecule has 23 heavy (non-hydrogen) atoms. The summed E-state index contributed by atoms with van der Waals surface area (Å²) in [6, 6.07) is 7.93. The number of benzene rings is 1. The van der Waals surface area contributed by atoms with E-state index in [1.165, 1.54) is 4.90 Å². The number of carbonyl (C=O) groups is 1. The number of rotatable bonds is 5. The van der Waals surface area contributed by atoms with Crippen molar-refractivity contribution in [3.63, 3.8) is 0 Å². The van der Waals surface area contributed by atoms with E-state index in [0.29, 0.717) is 18.1 Å². The third kappa shape index (κ3) is 4.72. The first-order valence-corrected chi connectivity index (χ1v) is 7.30. The molecule has 0 atom stereocenters. The molecule has 0 bridgehead atoms. The Labute approximate surface area is 136 Å². The Morgan fingerprint density at radius 3 is 2.65 bits per heavy atom. The van der Waals surface area contributed by atoms with Crippen LogP contribution in [0.25, 0.3) is 0 Å². The first-order chi connectivity index (χ1) is 10.8. The van der Waals surface area contributed by atoms with E-state index in [9.17, 15) is 18.0 Å². The van der Waals surface area contributed by atoms with Gasteiger partial charge in [-0.25, -0.2) is 0 Å². The Morgan fingerprint density at radius 2 is 2.09 bits per heavy atom. The van der Waals surface area contributed by atoms with Crippen LogP contribution in [0.1, 0.15) is 18.2 Å². The van der Waals surface area contributed by atoms with Crippen molar-refractivity contribution in [2.45, 2.75) is 26.2 Å². The molecule has 0 unspecified atom stereocenters. The van der Waals surface area contributed by atoms with Crippen LogP contribution in [0.2, 0.25) is 5.02 Å². The van der Waals surface area contributed by atoms with Crippen LogP contribution in [-0.2, 0) is 24.1 Å². The zero-order chi connectivity index (χ0) is 17.0. The van der Waals surface area contributed by atoms with Crippen LogP contribution in [0, 0.1) is 0 Å². The number of aromatic nitrogens is 2. The van der Waals surface area contributed by atoms with Crippen molar-refractivity contribution in [1.29, 1.82) is 0 Å². The number of carbonyl (C=O) groups excluding carboxylic acids is 1. The SMILES string of the molecule is CCN(Cc1cccc(Cl)c1)C(=O)Cn1ccc(C(F)(F)F)n1. The molecule has 0 saturated heterocycles. The minimum absolute atomic E-state index is 0.246. The molecule has 0 aliphatic rings. The van der Waals surface area contributed by atoms with Crippen LogP contribution in [0.5, 0.6) is 0 Å². The lowest BCUT2D eigenvalue weighted by molar-refractivity contribution is -0.142. The fraction of sp³-hybridized carbons (Fsp3) is 0.333. The van der Waals surface area contributed by atoms with Crippen molar-refractivity contribution in [1.82, 2.24) is 14.7 Å². The highest BCUT2D eigenvalue weighted by molar-refractivity contribution is 6.30. The van der Waals surface area contributed by atoms with E-state index >= 15 is 0 Å². The molecule has 0 saturated carbocycles. The fourth-order valence-corrected chi connectivity index (χ4v) is 2.28. The molecule has 2 aromatic rings. The average molecular weight is 346 g/mol. The van der Waals surface area contributed by atoms with Gasteiger partial charge in [-0.1, -0.05) is 23.7 Å². The van der Waals surface area contributed by atoms with Gasteiger partial charge in [0.15, 0.2) is 5.69 Å². The molecule has 8 heteroatoms. The second-order valence-corrected chi connectivity index (χ2v) is 5.37. The first-order valence-electron chi connectivity index (χ1n) is 6.92. The third-order valence-electron chi connectivity index (χ3n) is 3.23. The summed E-state index contributed by atoms with van der Waals surface area (Å²) in [7, 11) is 0. The number of nitrogens with zero attached hydrogens (tertiary/aromatic N) is 3. The molecule has 0 fully saturated rings. The lowest BCUT2D eigenvalue weighted by Crippen LogP contribution is -2.33. The summed E-state index contributed by atoms with van der Waals surface area (Å²) in [5.41, 5.74) is -0.160. The van der Waals surface area contributed by atoms with Crippen molar-refractivity contribution < 1.29 is 18.0 Å². The largest absolute Gasteiger partial charge is 0.435 e. The van der Waals surface area contributed by atoms with E-state index in [4.69, 9.17) is 11.6 Å². The Hall–Kier alpha value is -2.02. The highest BCUT2D eigenvalue weighted by Crippen LogP contribution is 2.27. The van der Waals surface area contributed by atoms with Gasteiger partial charge in [0.1, 0.15) is 6.54 Å². The first kappa shape index (κ1) is 17.3. The maximum atomic E-state index is 12.5. The summed E-state index contributed by atoms with van der Waals surface area (Å²) >= 11 is 5.90.